The van der Waals surface area contributed by atoms with Crippen molar-refractivity contribution >= 4 is 0 Å². The molecule has 0 aromatic carbocycles. The molecule has 2 heterocycles. The van der Waals surface area contributed by atoms with E-state index in [0.717, 1.165) is 12.0 Å². The average Bonchev–Trinajstić information content (AvgIpc) is 2.79. The van der Waals surface area contributed by atoms with Crippen LogP contribution in [0.25, 0.3) is 0 Å². The van der Waals surface area contributed by atoms with Gasteiger partial charge in [-0.1, -0.05) is 0 Å². The maximum absolute atomic E-state index is 3.58. The minimum atomic E-state index is 0.758. The molecule has 0 amide bonds. The van der Waals surface area contributed by atoms with Crippen molar-refractivity contribution in [2.45, 2.75) is 38.1 Å². The average molecular weight is 239 g/mol. The van der Waals surface area contributed by atoms with Crippen LogP contribution in [0.4, 0.5) is 0 Å². The van der Waals surface area contributed by atoms with Crippen molar-refractivity contribution in [2.75, 3.05) is 46.8 Å². The van der Waals surface area contributed by atoms with E-state index in [2.05, 4.69) is 29.2 Å². The van der Waals surface area contributed by atoms with Crippen LogP contribution >= 0.6 is 0 Å². The van der Waals surface area contributed by atoms with E-state index in [0.29, 0.717) is 0 Å². The molecule has 1 N–H and O–H groups in total. The summed E-state index contributed by atoms with van der Waals surface area (Å²) in [4.78, 5) is 5.02. The molecule has 2 aliphatic heterocycles. The lowest BCUT2D eigenvalue weighted by atomic mass is 9.95. The van der Waals surface area contributed by atoms with Crippen LogP contribution < -0.4 is 5.32 Å². The van der Waals surface area contributed by atoms with Crippen LogP contribution in [0.5, 0.6) is 0 Å². The summed E-state index contributed by atoms with van der Waals surface area (Å²) in [5.41, 5.74) is 0. The smallest absolute Gasteiger partial charge is 0.0195 e. The number of rotatable bonds is 5. The quantitative estimate of drug-likeness (QED) is 0.782. The molecular formula is C14H29N3. The van der Waals surface area contributed by atoms with Gasteiger partial charge in [-0.25, -0.2) is 0 Å². The van der Waals surface area contributed by atoms with Gasteiger partial charge in [-0.2, -0.15) is 0 Å². The van der Waals surface area contributed by atoms with Gasteiger partial charge in [0.25, 0.3) is 0 Å². The van der Waals surface area contributed by atoms with Crippen molar-refractivity contribution in [1.29, 1.82) is 0 Å². The second-order valence-corrected chi connectivity index (χ2v) is 6.11. The number of nitrogens with one attached hydrogen (secondary N) is 1. The molecule has 0 aliphatic carbocycles. The molecule has 2 fully saturated rings. The summed E-state index contributed by atoms with van der Waals surface area (Å²) in [5, 5.41) is 3.58. The molecule has 2 atom stereocenters. The molecule has 100 valence electrons. The second-order valence-electron chi connectivity index (χ2n) is 6.11. The van der Waals surface area contributed by atoms with Gasteiger partial charge in [-0.15, -0.1) is 0 Å². The molecule has 2 saturated heterocycles. The highest BCUT2D eigenvalue weighted by molar-refractivity contribution is 4.78. The normalized spacial score (nSPS) is 31.2. The molecule has 2 rings (SSSR count). The van der Waals surface area contributed by atoms with Crippen LogP contribution in [0, 0.1) is 5.92 Å². The van der Waals surface area contributed by atoms with E-state index in [1.807, 2.05) is 0 Å². The fourth-order valence-electron chi connectivity index (χ4n) is 3.29. The largest absolute Gasteiger partial charge is 0.313 e. The Balaban J connectivity index is 1.59. The van der Waals surface area contributed by atoms with Crippen molar-refractivity contribution in [3.63, 3.8) is 0 Å². The first kappa shape index (κ1) is 13.3. The van der Waals surface area contributed by atoms with Gasteiger partial charge in [0.15, 0.2) is 0 Å². The van der Waals surface area contributed by atoms with Crippen molar-refractivity contribution in [2.24, 2.45) is 5.92 Å². The number of likely N-dealkylation sites (tertiary alicyclic amines) is 1. The molecule has 2 aliphatic rings. The minimum absolute atomic E-state index is 0.758. The summed E-state index contributed by atoms with van der Waals surface area (Å²) in [6.45, 7) is 6.36. The fourth-order valence-corrected chi connectivity index (χ4v) is 3.29. The van der Waals surface area contributed by atoms with Gasteiger partial charge >= 0.3 is 0 Å². The van der Waals surface area contributed by atoms with Gasteiger partial charge < -0.3 is 15.1 Å². The van der Waals surface area contributed by atoms with Gasteiger partial charge in [0.2, 0.25) is 0 Å². The van der Waals surface area contributed by atoms with Crippen molar-refractivity contribution < 1.29 is 0 Å². The first-order valence-corrected chi connectivity index (χ1v) is 7.34. The Bertz CT molecular complexity index is 214. The van der Waals surface area contributed by atoms with E-state index in [1.54, 1.807) is 0 Å². The zero-order valence-corrected chi connectivity index (χ0v) is 11.6. The second kappa shape index (κ2) is 6.72. The summed E-state index contributed by atoms with van der Waals surface area (Å²) < 4.78 is 0. The maximum atomic E-state index is 3.58. The van der Waals surface area contributed by atoms with Gasteiger partial charge in [-0.3, -0.25) is 0 Å². The topological polar surface area (TPSA) is 18.5 Å². The van der Waals surface area contributed by atoms with Gasteiger partial charge in [0.1, 0.15) is 0 Å². The van der Waals surface area contributed by atoms with E-state index in [9.17, 15) is 0 Å². The highest BCUT2D eigenvalue weighted by Gasteiger charge is 2.19. The first-order valence-electron chi connectivity index (χ1n) is 7.34. The lowest BCUT2D eigenvalue weighted by Crippen LogP contribution is -2.38. The van der Waals surface area contributed by atoms with Crippen LogP contribution in [0.15, 0.2) is 0 Å². The predicted molar refractivity (Wildman–Crippen MR) is 73.4 cm³/mol. The van der Waals surface area contributed by atoms with E-state index in [-0.39, 0.29) is 0 Å². The Morgan fingerprint density at radius 1 is 1.29 bits per heavy atom. The Labute approximate surface area is 107 Å². The summed E-state index contributed by atoms with van der Waals surface area (Å²) in [5.74, 6) is 0.938. The van der Waals surface area contributed by atoms with E-state index >= 15 is 0 Å². The molecule has 0 aromatic heterocycles. The molecule has 0 radical (unpaired) electrons. The molecule has 0 aromatic rings. The Morgan fingerprint density at radius 2 is 2.18 bits per heavy atom. The predicted octanol–water partition coefficient (Wildman–Crippen LogP) is 1.40. The SMILES string of the molecule is CN1CCCC(CCN(C)CC2CCCN2)C1. The number of hydrogen-bond donors (Lipinski definition) is 1. The third kappa shape index (κ3) is 4.57. The van der Waals surface area contributed by atoms with Crippen LogP contribution in [0.2, 0.25) is 0 Å². The van der Waals surface area contributed by atoms with E-state index in [1.165, 1.54) is 64.8 Å². The molecule has 17 heavy (non-hydrogen) atoms. The number of likely N-dealkylation sites (N-methyl/N-ethyl adjacent to an activating group) is 1. The van der Waals surface area contributed by atoms with Gasteiger partial charge in [0, 0.05) is 19.1 Å². The lowest BCUT2D eigenvalue weighted by molar-refractivity contribution is 0.183. The van der Waals surface area contributed by atoms with E-state index in [4.69, 9.17) is 0 Å². The Hall–Kier alpha value is -0.120. The number of piperidine rings is 1. The number of nitrogens with zero attached hydrogens (tertiary/aromatic N) is 2. The van der Waals surface area contributed by atoms with Crippen molar-refractivity contribution in [1.82, 2.24) is 15.1 Å². The Morgan fingerprint density at radius 3 is 2.88 bits per heavy atom. The highest BCUT2D eigenvalue weighted by atomic mass is 15.1. The molecule has 2 unspecified atom stereocenters. The van der Waals surface area contributed by atoms with Crippen LogP contribution in [-0.4, -0.2) is 62.7 Å². The van der Waals surface area contributed by atoms with Crippen LogP contribution in [0.3, 0.4) is 0 Å². The summed E-state index contributed by atoms with van der Waals surface area (Å²) >= 11 is 0. The minimum Gasteiger partial charge on any atom is -0.313 e. The van der Waals surface area contributed by atoms with Gasteiger partial charge in [0.05, 0.1) is 0 Å². The third-order valence-corrected chi connectivity index (χ3v) is 4.34. The van der Waals surface area contributed by atoms with Gasteiger partial charge in [-0.05, 0) is 71.8 Å². The zero-order valence-electron chi connectivity index (χ0n) is 11.6. The molecule has 0 bridgehead atoms. The fraction of sp³-hybridized carbons (Fsp3) is 1.00. The summed E-state index contributed by atoms with van der Waals surface area (Å²) in [6, 6.07) is 0.758. The first-order chi connectivity index (χ1) is 8.24. The maximum Gasteiger partial charge on any atom is 0.0195 e. The Kier molecular flexibility index (Phi) is 5.26. The monoisotopic (exact) mass is 239 g/mol. The summed E-state index contributed by atoms with van der Waals surface area (Å²) in [6.07, 6.45) is 6.96. The highest BCUT2D eigenvalue weighted by Crippen LogP contribution is 2.18. The van der Waals surface area contributed by atoms with Crippen LogP contribution in [-0.2, 0) is 0 Å². The third-order valence-electron chi connectivity index (χ3n) is 4.34. The molecule has 3 nitrogen and oxygen atoms in total. The molecule has 0 spiro atoms. The molecule has 3 heteroatoms. The summed E-state index contributed by atoms with van der Waals surface area (Å²) in [7, 11) is 4.55. The lowest BCUT2D eigenvalue weighted by Gasteiger charge is -2.31. The zero-order chi connectivity index (χ0) is 12.1. The van der Waals surface area contributed by atoms with E-state index < -0.39 is 0 Å². The van der Waals surface area contributed by atoms with Crippen molar-refractivity contribution in [3.8, 4) is 0 Å². The number of hydrogen-bond acceptors (Lipinski definition) is 3. The molecule has 0 saturated carbocycles. The standard InChI is InChI=1S/C14H29N3/c1-16-9-4-5-13(11-16)7-10-17(2)12-14-6-3-8-15-14/h13-15H,3-12H2,1-2H3. The van der Waals surface area contributed by atoms with Crippen LogP contribution in [0.1, 0.15) is 32.1 Å². The molecular weight excluding hydrogens is 210 g/mol. The van der Waals surface area contributed by atoms with Crippen molar-refractivity contribution in [3.05, 3.63) is 0 Å².